The molecule has 1 aliphatic rings. The first-order valence-corrected chi connectivity index (χ1v) is 7.85. The van der Waals surface area contributed by atoms with Crippen molar-refractivity contribution < 1.29 is 23.1 Å². The SMILES string of the molecule is NC(=O)c1csc(N2CCS(=O)(=O)C(C(=O)O)C2)n1. The molecule has 1 amide bonds. The van der Waals surface area contributed by atoms with Crippen molar-refractivity contribution in [1.82, 2.24) is 4.98 Å². The molecule has 2 rings (SSSR count). The Morgan fingerprint density at radius 2 is 2.21 bits per heavy atom. The van der Waals surface area contributed by atoms with Crippen LogP contribution in [0.4, 0.5) is 5.13 Å². The van der Waals surface area contributed by atoms with E-state index in [9.17, 15) is 18.0 Å². The Bertz CT molecular complexity index is 624. The maximum atomic E-state index is 11.6. The van der Waals surface area contributed by atoms with Gasteiger partial charge in [0.2, 0.25) is 0 Å². The summed E-state index contributed by atoms with van der Waals surface area (Å²) in [6, 6.07) is 0. The molecule has 3 N–H and O–H groups in total. The molecule has 0 radical (unpaired) electrons. The zero-order chi connectivity index (χ0) is 14.2. The normalized spacial score (nSPS) is 22.1. The summed E-state index contributed by atoms with van der Waals surface area (Å²) in [5.74, 6) is -2.31. The molecule has 0 saturated carbocycles. The molecule has 10 heteroatoms. The lowest BCUT2D eigenvalue weighted by Crippen LogP contribution is -2.50. The van der Waals surface area contributed by atoms with Crippen molar-refractivity contribution in [3.05, 3.63) is 11.1 Å². The maximum Gasteiger partial charge on any atom is 0.323 e. The molecule has 1 aliphatic heterocycles. The van der Waals surface area contributed by atoms with E-state index in [1.54, 1.807) is 0 Å². The number of anilines is 1. The number of sulfone groups is 1. The Kier molecular flexibility index (Phi) is 3.45. The van der Waals surface area contributed by atoms with Gasteiger partial charge in [0, 0.05) is 18.5 Å². The third-order valence-electron chi connectivity index (χ3n) is 2.76. The van der Waals surface area contributed by atoms with Gasteiger partial charge in [0.15, 0.2) is 20.2 Å². The second-order valence-electron chi connectivity index (χ2n) is 4.02. The Hall–Kier alpha value is -1.68. The minimum absolute atomic E-state index is 0.0836. The third-order valence-corrected chi connectivity index (χ3v) is 5.63. The number of aliphatic carboxylic acids is 1. The number of carbonyl (C=O) groups is 2. The number of carboxylic acid groups (broad SMARTS) is 1. The summed E-state index contributed by atoms with van der Waals surface area (Å²) in [5, 5.41) is 9.32. The lowest BCUT2D eigenvalue weighted by molar-refractivity contribution is -0.136. The van der Waals surface area contributed by atoms with Gasteiger partial charge in [-0.3, -0.25) is 9.59 Å². The fourth-order valence-corrected chi connectivity index (χ4v) is 4.04. The largest absolute Gasteiger partial charge is 0.480 e. The average molecular weight is 305 g/mol. The molecule has 8 nitrogen and oxygen atoms in total. The second-order valence-corrected chi connectivity index (χ2v) is 7.16. The van der Waals surface area contributed by atoms with E-state index in [0.29, 0.717) is 5.13 Å². The van der Waals surface area contributed by atoms with Crippen molar-refractivity contribution in [2.24, 2.45) is 5.73 Å². The number of primary amides is 1. The molecule has 1 saturated heterocycles. The zero-order valence-electron chi connectivity index (χ0n) is 9.64. The predicted molar refractivity (Wildman–Crippen MR) is 68.1 cm³/mol. The minimum atomic E-state index is -3.63. The van der Waals surface area contributed by atoms with Crippen molar-refractivity contribution >= 4 is 38.2 Å². The molecule has 0 spiro atoms. The quantitative estimate of drug-likeness (QED) is 0.727. The molecule has 104 valence electrons. The summed E-state index contributed by atoms with van der Waals surface area (Å²) in [7, 11) is -3.63. The molecule has 1 atom stereocenters. The minimum Gasteiger partial charge on any atom is -0.480 e. The van der Waals surface area contributed by atoms with Crippen molar-refractivity contribution in [3.8, 4) is 0 Å². The molecule has 19 heavy (non-hydrogen) atoms. The monoisotopic (exact) mass is 305 g/mol. The van der Waals surface area contributed by atoms with E-state index in [4.69, 9.17) is 10.8 Å². The fourth-order valence-electron chi connectivity index (χ4n) is 1.71. The first-order chi connectivity index (χ1) is 8.81. The number of aromatic nitrogens is 1. The number of rotatable bonds is 3. The van der Waals surface area contributed by atoms with Crippen molar-refractivity contribution in [1.29, 1.82) is 0 Å². The van der Waals surface area contributed by atoms with Gasteiger partial charge in [0.05, 0.1) is 5.75 Å². The molecule has 1 fully saturated rings. The Morgan fingerprint density at radius 3 is 2.74 bits per heavy atom. The van der Waals surface area contributed by atoms with Crippen molar-refractivity contribution in [2.75, 3.05) is 23.7 Å². The number of hydrogen-bond donors (Lipinski definition) is 2. The Balaban J connectivity index is 2.23. The van der Waals surface area contributed by atoms with E-state index < -0.39 is 27.0 Å². The highest BCUT2D eigenvalue weighted by molar-refractivity contribution is 7.92. The highest BCUT2D eigenvalue weighted by Gasteiger charge is 2.39. The highest BCUT2D eigenvalue weighted by Crippen LogP contribution is 2.24. The van der Waals surface area contributed by atoms with Crippen LogP contribution in [0.25, 0.3) is 0 Å². The Morgan fingerprint density at radius 1 is 1.53 bits per heavy atom. The number of carboxylic acids is 1. The van der Waals surface area contributed by atoms with Crippen LogP contribution in [0.1, 0.15) is 10.5 Å². The van der Waals surface area contributed by atoms with Gasteiger partial charge < -0.3 is 15.7 Å². The van der Waals surface area contributed by atoms with Gasteiger partial charge in [-0.05, 0) is 0 Å². The molecule has 1 unspecified atom stereocenters. The standard InChI is InChI=1S/C9H11N3O5S2/c10-7(13)5-4-18-9(11-5)12-1-2-19(16,17)6(3-12)8(14)15/h4,6H,1-3H2,(H2,10,13)(H,14,15). The number of hydrogen-bond acceptors (Lipinski definition) is 7. The van der Waals surface area contributed by atoms with Crippen LogP contribution < -0.4 is 10.6 Å². The van der Waals surface area contributed by atoms with Gasteiger partial charge in [0.1, 0.15) is 5.69 Å². The number of thiazole rings is 1. The lowest BCUT2D eigenvalue weighted by Gasteiger charge is -2.30. The van der Waals surface area contributed by atoms with Gasteiger partial charge in [-0.2, -0.15) is 0 Å². The van der Waals surface area contributed by atoms with Gasteiger partial charge in [-0.25, -0.2) is 13.4 Å². The third kappa shape index (κ3) is 2.68. The van der Waals surface area contributed by atoms with Crippen molar-refractivity contribution in [3.63, 3.8) is 0 Å². The Labute approximate surface area is 112 Å². The average Bonchev–Trinajstić information content (AvgIpc) is 2.77. The van der Waals surface area contributed by atoms with Crippen LogP contribution in [0.2, 0.25) is 0 Å². The van der Waals surface area contributed by atoms with E-state index in [0.717, 1.165) is 11.3 Å². The first-order valence-electron chi connectivity index (χ1n) is 5.26. The summed E-state index contributed by atoms with van der Waals surface area (Å²) in [6.07, 6.45) is 0. The highest BCUT2D eigenvalue weighted by atomic mass is 32.2. The molecule has 1 aromatic rings. The maximum absolute atomic E-state index is 11.6. The van der Waals surface area contributed by atoms with Crippen LogP contribution in [0, 0.1) is 0 Å². The summed E-state index contributed by atoms with van der Waals surface area (Å²) in [4.78, 5) is 27.4. The van der Waals surface area contributed by atoms with Crippen LogP contribution in [0.3, 0.4) is 0 Å². The smallest absolute Gasteiger partial charge is 0.323 e. The topological polar surface area (TPSA) is 131 Å². The zero-order valence-corrected chi connectivity index (χ0v) is 11.3. The summed E-state index contributed by atoms with van der Waals surface area (Å²) in [6.45, 7) is -0.0266. The second kappa shape index (κ2) is 4.78. The van der Waals surface area contributed by atoms with Crippen LogP contribution in [0.15, 0.2) is 5.38 Å². The van der Waals surface area contributed by atoms with E-state index in [2.05, 4.69) is 4.98 Å². The summed E-state index contributed by atoms with van der Waals surface area (Å²) in [5.41, 5.74) is 5.16. The molecule has 0 aliphatic carbocycles. The number of carbonyl (C=O) groups excluding carboxylic acids is 1. The predicted octanol–water partition coefficient (Wildman–Crippen LogP) is -1.07. The molecular weight excluding hydrogens is 294 g/mol. The van der Waals surface area contributed by atoms with E-state index in [-0.39, 0.29) is 24.5 Å². The molecule has 0 bridgehead atoms. The number of amides is 1. The number of nitrogens with two attached hydrogens (primary N) is 1. The van der Waals surface area contributed by atoms with Gasteiger partial charge in [-0.1, -0.05) is 0 Å². The van der Waals surface area contributed by atoms with Crippen LogP contribution in [-0.2, 0) is 14.6 Å². The molecular formula is C9H11N3O5S2. The molecule has 0 aromatic carbocycles. The van der Waals surface area contributed by atoms with Gasteiger partial charge >= 0.3 is 5.97 Å². The molecule has 2 heterocycles. The summed E-state index contributed by atoms with van der Waals surface area (Å²) < 4.78 is 23.2. The first kappa shape index (κ1) is 13.7. The van der Waals surface area contributed by atoms with E-state index in [1.807, 2.05) is 0 Å². The van der Waals surface area contributed by atoms with Crippen LogP contribution in [0.5, 0.6) is 0 Å². The lowest BCUT2D eigenvalue weighted by atomic mass is 10.4. The van der Waals surface area contributed by atoms with Crippen LogP contribution >= 0.6 is 11.3 Å². The van der Waals surface area contributed by atoms with E-state index in [1.165, 1.54) is 10.3 Å². The number of nitrogens with zero attached hydrogens (tertiary/aromatic N) is 2. The van der Waals surface area contributed by atoms with Crippen LogP contribution in [-0.4, -0.2) is 54.5 Å². The fraction of sp³-hybridized carbons (Fsp3) is 0.444. The van der Waals surface area contributed by atoms with Gasteiger partial charge in [0.25, 0.3) is 5.91 Å². The van der Waals surface area contributed by atoms with Crippen molar-refractivity contribution in [2.45, 2.75) is 5.25 Å². The van der Waals surface area contributed by atoms with Gasteiger partial charge in [-0.15, -0.1) is 11.3 Å². The molecule has 1 aromatic heterocycles. The summed E-state index contributed by atoms with van der Waals surface area (Å²) >= 11 is 1.12. The van der Waals surface area contributed by atoms with E-state index >= 15 is 0 Å².